The monoisotopic (exact) mass is 360 g/mol. The highest BCUT2D eigenvalue weighted by atomic mass is 35.5. The first-order chi connectivity index (χ1) is 11.3. The molecule has 0 radical (unpaired) electrons. The van der Waals surface area contributed by atoms with Gasteiger partial charge in [-0.3, -0.25) is 4.79 Å². The van der Waals surface area contributed by atoms with Crippen molar-refractivity contribution in [2.75, 3.05) is 27.2 Å². The van der Waals surface area contributed by atoms with Crippen LogP contribution in [0.5, 0.6) is 0 Å². The number of carbonyl (C=O) groups excluding carboxylic acids is 1. The van der Waals surface area contributed by atoms with Gasteiger partial charge in [-0.15, -0.1) is 0 Å². The lowest BCUT2D eigenvalue weighted by molar-refractivity contribution is -0.143. The largest absolute Gasteiger partial charge is 0.434 e. The maximum absolute atomic E-state index is 13.5. The van der Waals surface area contributed by atoms with Crippen LogP contribution < -0.4 is 5.32 Å². The number of alkyl halides is 3. The highest BCUT2D eigenvalue weighted by molar-refractivity contribution is 6.30. The molecule has 2 rings (SSSR count). The highest BCUT2D eigenvalue weighted by Crippen LogP contribution is 2.34. The van der Waals surface area contributed by atoms with Crippen LogP contribution in [0.15, 0.2) is 30.5 Å². The summed E-state index contributed by atoms with van der Waals surface area (Å²) < 4.78 is 41.2. The Morgan fingerprint density at radius 2 is 1.96 bits per heavy atom. The van der Waals surface area contributed by atoms with E-state index in [0.717, 1.165) is 6.20 Å². The Kier molecular flexibility index (Phi) is 5.51. The van der Waals surface area contributed by atoms with E-state index in [1.165, 1.54) is 36.2 Å². The molecule has 0 unspecified atom stereocenters. The average molecular weight is 361 g/mol. The molecule has 0 fully saturated rings. The van der Waals surface area contributed by atoms with Gasteiger partial charge in [0, 0.05) is 25.2 Å². The minimum absolute atomic E-state index is 0.170. The van der Waals surface area contributed by atoms with Gasteiger partial charge in [0.05, 0.1) is 17.4 Å². The molecule has 2 aromatic rings. The molecule has 0 bridgehead atoms. The third-order valence-electron chi connectivity index (χ3n) is 3.38. The Balaban J connectivity index is 2.47. The summed E-state index contributed by atoms with van der Waals surface area (Å²) in [4.78, 5) is 13.6. The lowest BCUT2D eigenvalue weighted by Crippen LogP contribution is -2.34. The number of benzene rings is 1. The van der Waals surface area contributed by atoms with Crippen molar-refractivity contribution in [1.82, 2.24) is 20.0 Å². The van der Waals surface area contributed by atoms with Crippen molar-refractivity contribution >= 4 is 17.5 Å². The second-order valence-electron chi connectivity index (χ2n) is 5.12. The minimum Gasteiger partial charge on any atom is -0.340 e. The quantitative estimate of drug-likeness (QED) is 0.892. The molecular weight excluding hydrogens is 345 g/mol. The fourth-order valence-electron chi connectivity index (χ4n) is 2.14. The van der Waals surface area contributed by atoms with Gasteiger partial charge in [0.1, 0.15) is 0 Å². The Bertz CT molecular complexity index is 712. The summed E-state index contributed by atoms with van der Waals surface area (Å²) in [5, 5.41) is 6.98. The van der Waals surface area contributed by atoms with E-state index in [1.807, 2.05) is 0 Å². The van der Waals surface area contributed by atoms with Crippen LogP contribution in [0.1, 0.15) is 16.1 Å². The molecule has 1 N–H and O–H groups in total. The van der Waals surface area contributed by atoms with Crippen LogP contribution in [0.3, 0.4) is 0 Å². The minimum atomic E-state index is -4.73. The van der Waals surface area contributed by atoms with E-state index >= 15 is 0 Å². The summed E-state index contributed by atoms with van der Waals surface area (Å²) >= 11 is 5.76. The summed E-state index contributed by atoms with van der Waals surface area (Å²) in [6, 6.07) is 5.73. The molecule has 1 amide bonds. The molecule has 24 heavy (non-hydrogen) atoms. The van der Waals surface area contributed by atoms with Crippen molar-refractivity contribution in [1.29, 1.82) is 0 Å². The van der Waals surface area contributed by atoms with Crippen molar-refractivity contribution in [2.24, 2.45) is 0 Å². The van der Waals surface area contributed by atoms with E-state index in [0.29, 0.717) is 16.2 Å². The summed E-state index contributed by atoms with van der Waals surface area (Å²) in [6.45, 7) is 0.744. The van der Waals surface area contributed by atoms with Gasteiger partial charge in [-0.1, -0.05) is 11.6 Å². The molecule has 0 aliphatic carbocycles. The number of nitrogens with one attached hydrogen (secondary N) is 1. The maximum Gasteiger partial charge on any atom is 0.434 e. The second-order valence-corrected chi connectivity index (χ2v) is 5.56. The van der Waals surface area contributed by atoms with Crippen molar-refractivity contribution in [2.45, 2.75) is 6.18 Å². The summed E-state index contributed by atoms with van der Waals surface area (Å²) in [7, 11) is 3.14. The van der Waals surface area contributed by atoms with E-state index in [9.17, 15) is 18.0 Å². The molecular formula is C15H16ClF3N4O. The van der Waals surface area contributed by atoms with E-state index in [4.69, 9.17) is 11.6 Å². The second kappa shape index (κ2) is 7.23. The molecule has 0 aliphatic rings. The number of amides is 1. The van der Waals surface area contributed by atoms with E-state index < -0.39 is 23.3 Å². The van der Waals surface area contributed by atoms with Crippen molar-refractivity contribution in [3.05, 3.63) is 46.7 Å². The third-order valence-corrected chi connectivity index (χ3v) is 3.64. The van der Waals surface area contributed by atoms with Gasteiger partial charge in [0.25, 0.3) is 5.91 Å². The first-order valence-corrected chi connectivity index (χ1v) is 7.44. The Morgan fingerprint density at radius 1 is 1.33 bits per heavy atom. The SMILES string of the molecule is CNCCN(C)C(=O)c1cnn(-c2ccc(Cl)cc2)c1C(F)(F)F. The number of nitrogens with zero attached hydrogens (tertiary/aromatic N) is 3. The first kappa shape index (κ1) is 18.3. The topological polar surface area (TPSA) is 50.2 Å². The van der Waals surface area contributed by atoms with Gasteiger partial charge in [-0.25, -0.2) is 4.68 Å². The number of likely N-dealkylation sites (N-methyl/N-ethyl adjacent to an activating group) is 2. The van der Waals surface area contributed by atoms with Crippen LogP contribution in [0.4, 0.5) is 13.2 Å². The highest BCUT2D eigenvalue weighted by Gasteiger charge is 2.41. The van der Waals surface area contributed by atoms with Gasteiger partial charge < -0.3 is 10.2 Å². The van der Waals surface area contributed by atoms with Gasteiger partial charge >= 0.3 is 6.18 Å². The van der Waals surface area contributed by atoms with E-state index in [2.05, 4.69) is 10.4 Å². The zero-order chi connectivity index (χ0) is 17.9. The van der Waals surface area contributed by atoms with Gasteiger partial charge in [0.15, 0.2) is 5.69 Å². The zero-order valence-electron chi connectivity index (χ0n) is 13.1. The van der Waals surface area contributed by atoms with Crippen molar-refractivity contribution in [3.63, 3.8) is 0 Å². The average Bonchev–Trinajstić information content (AvgIpc) is 2.97. The molecule has 0 aliphatic heterocycles. The zero-order valence-corrected chi connectivity index (χ0v) is 13.8. The lowest BCUT2D eigenvalue weighted by atomic mass is 10.2. The normalized spacial score (nSPS) is 11.6. The molecule has 0 spiro atoms. The van der Waals surface area contributed by atoms with E-state index in [1.54, 1.807) is 7.05 Å². The molecule has 5 nitrogen and oxygen atoms in total. The van der Waals surface area contributed by atoms with Crippen LogP contribution >= 0.6 is 11.6 Å². The Hall–Kier alpha value is -2.06. The Labute approximate surface area is 142 Å². The third kappa shape index (κ3) is 3.88. The standard InChI is InChI=1S/C15H16ClF3N4O/c1-20-7-8-22(2)14(24)12-9-21-23(13(12)15(17,18)19)11-5-3-10(16)4-6-11/h3-6,9,20H,7-8H2,1-2H3. The number of hydrogen-bond donors (Lipinski definition) is 1. The summed E-state index contributed by atoms with van der Waals surface area (Å²) in [5.74, 6) is -0.738. The summed E-state index contributed by atoms with van der Waals surface area (Å²) in [5.41, 5.74) is -1.43. The number of halogens is 4. The number of aromatic nitrogens is 2. The van der Waals surface area contributed by atoms with Crippen molar-refractivity contribution in [3.8, 4) is 5.69 Å². The van der Waals surface area contributed by atoms with Crippen molar-refractivity contribution < 1.29 is 18.0 Å². The smallest absolute Gasteiger partial charge is 0.340 e. The predicted molar refractivity (Wildman–Crippen MR) is 84.5 cm³/mol. The molecule has 130 valence electrons. The van der Waals surface area contributed by atoms with Gasteiger partial charge in [0.2, 0.25) is 0 Å². The summed E-state index contributed by atoms with van der Waals surface area (Å²) in [6.07, 6.45) is -3.79. The van der Waals surface area contributed by atoms with Crippen LogP contribution in [0, 0.1) is 0 Å². The number of carbonyl (C=O) groups is 1. The first-order valence-electron chi connectivity index (χ1n) is 7.07. The van der Waals surface area contributed by atoms with Crippen LogP contribution in [0.25, 0.3) is 5.69 Å². The van der Waals surface area contributed by atoms with Gasteiger partial charge in [-0.2, -0.15) is 18.3 Å². The molecule has 0 saturated heterocycles. The molecule has 1 heterocycles. The fourth-order valence-corrected chi connectivity index (χ4v) is 2.27. The van der Waals surface area contributed by atoms with Crippen LogP contribution in [-0.4, -0.2) is 47.8 Å². The molecule has 0 saturated carbocycles. The lowest BCUT2D eigenvalue weighted by Gasteiger charge is -2.18. The molecule has 1 aromatic heterocycles. The van der Waals surface area contributed by atoms with Crippen LogP contribution in [0.2, 0.25) is 5.02 Å². The van der Waals surface area contributed by atoms with Crippen LogP contribution in [-0.2, 0) is 6.18 Å². The molecule has 0 atom stereocenters. The maximum atomic E-state index is 13.5. The van der Waals surface area contributed by atoms with Gasteiger partial charge in [-0.05, 0) is 31.3 Å². The predicted octanol–water partition coefficient (Wildman–Crippen LogP) is 2.84. The number of rotatable bonds is 5. The molecule has 1 aromatic carbocycles. The number of hydrogen-bond acceptors (Lipinski definition) is 3. The Morgan fingerprint density at radius 3 is 2.50 bits per heavy atom. The fraction of sp³-hybridized carbons (Fsp3) is 0.333. The van der Waals surface area contributed by atoms with E-state index in [-0.39, 0.29) is 12.2 Å². The molecule has 9 heteroatoms.